The number of nitrogen functional groups attached to an aromatic ring is 1. The third-order valence-electron chi connectivity index (χ3n) is 2.96. The van der Waals surface area contributed by atoms with Crippen molar-refractivity contribution >= 4 is 17.6 Å². The topological polar surface area (TPSA) is 72.6 Å². The maximum atomic E-state index is 12.4. The molecule has 2 N–H and O–H groups in total. The Kier molecular flexibility index (Phi) is 6.72. The van der Waals surface area contributed by atoms with E-state index in [1.165, 1.54) is 4.90 Å². The Bertz CT molecular complexity index is 486. The molecule has 1 aromatic carbocycles. The lowest BCUT2D eigenvalue weighted by molar-refractivity contribution is -0.149. The van der Waals surface area contributed by atoms with Crippen LogP contribution in [0.15, 0.2) is 24.3 Å². The summed E-state index contributed by atoms with van der Waals surface area (Å²) in [7, 11) is 0. The Morgan fingerprint density at radius 3 is 2.52 bits per heavy atom. The first-order valence-electron chi connectivity index (χ1n) is 7.20. The zero-order chi connectivity index (χ0) is 15.8. The van der Waals surface area contributed by atoms with Gasteiger partial charge in [0.25, 0.3) is 0 Å². The van der Waals surface area contributed by atoms with E-state index < -0.39 is 0 Å². The fourth-order valence-electron chi connectivity index (χ4n) is 2.03. The summed E-state index contributed by atoms with van der Waals surface area (Å²) in [5, 5.41) is 0. The fourth-order valence-corrected chi connectivity index (χ4v) is 2.03. The second-order valence-electron chi connectivity index (χ2n) is 5.35. The lowest BCUT2D eigenvalue weighted by atomic mass is 10.1. The Labute approximate surface area is 126 Å². The predicted octanol–water partition coefficient (Wildman–Crippen LogP) is 1.86. The van der Waals surface area contributed by atoms with Crippen LogP contribution < -0.4 is 5.73 Å². The Morgan fingerprint density at radius 2 is 1.95 bits per heavy atom. The second kappa shape index (κ2) is 8.29. The number of rotatable bonds is 7. The number of nitrogens with two attached hydrogens (primary N) is 1. The molecule has 1 rings (SSSR count). The van der Waals surface area contributed by atoms with E-state index in [1.807, 2.05) is 32.0 Å². The summed E-state index contributed by atoms with van der Waals surface area (Å²) in [6.45, 7) is 6.57. The van der Waals surface area contributed by atoms with Crippen LogP contribution in [0.1, 0.15) is 26.3 Å². The highest BCUT2D eigenvalue weighted by Gasteiger charge is 2.19. The minimum Gasteiger partial charge on any atom is -0.465 e. The van der Waals surface area contributed by atoms with Crippen LogP contribution in [0, 0.1) is 5.92 Å². The predicted molar refractivity (Wildman–Crippen MR) is 82.6 cm³/mol. The van der Waals surface area contributed by atoms with E-state index in [4.69, 9.17) is 10.5 Å². The van der Waals surface area contributed by atoms with Gasteiger partial charge in [-0.15, -0.1) is 0 Å². The van der Waals surface area contributed by atoms with E-state index in [0.717, 1.165) is 5.56 Å². The van der Waals surface area contributed by atoms with Crippen molar-refractivity contribution in [1.82, 2.24) is 4.90 Å². The van der Waals surface area contributed by atoms with Crippen LogP contribution in [0.2, 0.25) is 0 Å². The molecule has 5 heteroatoms. The smallest absolute Gasteiger partial charge is 0.325 e. The Morgan fingerprint density at radius 1 is 1.29 bits per heavy atom. The van der Waals surface area contributed by atoms with Crippen LogP contribution in [-0.4, -0.2) is 36.5 Å². The first kappa shape index (κ1) is 17.0. The highest BCUT2D eigenvalue weighted by atomic mass is 16.5. The first-order chi connectivity index (χ1) is 9.93. The molecule has 1 amide bonds. The van der Waals surface area contributed by atoms with Crippen LogP contribution in [0.5, 0.6) is 0 Å². The molecule has 0 aliphatic heterocycles. The average Bonchev–Trinajstić information content (AvgIpc) is 2.40. The van der Waals surface area contributed by atoms with Crippen molar-refractivity contribution in [2.24, 2.45) is 5.92 Å². The third kappa shape index (κ3) is 5.85. The molecule has 0 aliphatic rings. The summed E-state index contributed by atoms with van der Waals surface area (Å²) >= 11 is 0. The highest BCUT2D eigenvalue weighted by molar-refractivity contribution is 5.84. The average molecular weight is 292 g/mol. The monoisotopic (exact) mass is 292 g/mol. The van der Waals surface area contributed by atoms with E-state index in [9.17, 15) is 9.59 Å². The van der Waals surface area contributed by atoms with Gasteiger partial charge in [-0.3, -0.25) is 9.59 Å². The fraction of sp³-hybridized carbons (Fsp3) is 0.500. The molecule has 0 heterocycles. The molecule has 0 saturated heterocycles. The highest BCUT2D eigenvalue weighted by Crippen LogP contribution is 2.13. The molecule has 5 nitrogen and oxygen atoms in total. The van der Waals surface area contributed by atoms with Crippen molar-refractivity contribution in [2.45, 2.75) is 27.2 Å². The molecule has 0 aromatic heterocycles. The van der Waals surface area contributed by atoms with E-state index in [2.05, 4.69) is 0 Å². The van der Waals surface area contributed by atoms with E-state index >= 15 is 0 Å². The number of carbonyl (C=O) groups is 2. The lowest BCUT2D eigenvalue weighted by Gasteiger charge is -2.24. The van der Waals surface area contributed by atoms with Gasteiger partial charge in [-0.1, -0.05) is 32.0 Å². The zero-order valence-electron chi connectivity index (χ0n) is 13.0. The first-order valence-corrected chi connectivity index (χ1v) is 7.20. The van der Waals surface area contributed by atoms with Gasteiger partial charge in [-0.25, -0.2) is 0 Å². The summed E-state index contributed by atoms with van der Waals surface area (Å²) in [5.41, 5.74) is 7.22. The van der Waals surface area contributed by atoms with Crippen molar-refractivity contribution in [3.05, 3.63) is 29.8 Å². The molecule has 21 heavy (non-hydrogen) atoms. The minimum absolute atomic E-state index is 0.0163. The van der Waals surface area contributed by atoms with Crippen LogP contribution >= 0.6 is 0 Å². The van der Waals surface area contributed by atoms with Gasteiger partial charge in [0.15, 0.2) is 0 Å². The van der Waals surface area contributed by atoms with Crippen molar-refractivity contribution in [1.29, 1.82) is 0 Å². The molecule has 116 valence electrons. The Balaban J connectivity index is 2.75. The van der Waals surface area contributed by atoms with Gasteiger partial charge in [0.05, 0.1) is 13.0 Å². The molecule has 0 radical (unpaired) electrons. The molecule has 0 saturated carbocycles. The van der Waals surface area contributed by atoms with E-state index in [0.29, 0.717) is 18.8 Å². The molecule has 0 spiro atoms. The van der Waals surface area contributed by atoms with Crippen LogP contribution in [0.3, 0.4) is 0 Å². The summed E-state index contributed by atoms with van der Waals surface area (Å²) in [5.74, 6) is -0.223. The number of hydrogen-bond donors (Lipinski definition) is 1. The molecular weight excluding hydrogens is 268 g/mol. The van der Waals surface area contributed by atoms with Gasteiger partial charge in [0.1, 0.15) is 6.54 Å². The molecule has 0 fully saturated rings. The number of esters is 1. The molecule has 0 unspecified atom stereocenters. The van der Waals surface area contributed by atoms with Crippen LogP contribution in [-0.2, 0) is 20.7 Å². The van der Waals surface area contributed by atoms with E-state index in [1.54, 1.807) is 13.0 Å². The number of nitrogens with zero attached hydrogens (tertiary/aromatic N) is 1. The van der Waals surface area contributed by atoms with Crippen molar-refractivity contribution < 1.29 is 14.3 Å². The number of amides is 1. The number of ether oxygens (including phenoxy) is 1. The molecule has 0 aliphatic carbocycles. The minimum atomic E-state index is -0.382. The molecule has 0 bridgehead atoms. The van der Waals surface area contributed by atoms with Gasteiger partial charge < -0.3 is 15.4 Å². The van der Waals surface area contributed by atoms with Gasteiger partial charge in [-0.05, 0) is 24.5 Å². The number of anilines is 1. The van der Waals surface area contributed by atoms with Crippen molar-refractivity contribution in [2.75, 3.05) is 25.4 Å². The molecule has 1 aromatic rings. The number of para-hydroxylation sites is 1. The number of benzene rings is 1. The van der Waals surface area contributed by atoms with Gasteiger partial charge in [0.2, 0.25) is 5.91 Å². The standard InChI is InChI=1S/C16H24N2O3/c1-4-21-16(20)11-18(10-12(2)3)15(19)9-13-7-5-6-8-14(13)17/h5-8,12H,4,9-11,17H2,1-3H3. The third-order valence-corrected chi connectivity index (χ3v) is 2.96. The summed E-state index contributed by atoms with van der Waals surface area (Å²) in [6, 6.07) is 7.26. The Hall–Kier alpha value is -2.04. The number of carbonyl (C=O) groups excluding carboxylic acids is 2. The maximum absolute atomic E-state index is 12.4. The van der Waals surface area contributed by atoms with E-state index in [-0.39, 0.29) is 30.8 Å². The lowest BCUT2D eigenvalue weighted by Crippen LogP contribution is -2.39. The SMILES string of the molecule is CCOC(=O)CN(CC(C)C)C(=O)Cc1ccccc1N. The summed E-state index contributed by atoms with van der Waals surface area (Å²) in [4.78, 5) is 25.6. The maximum Gasteiger partial charge on any atom is 0.325 e. The normalized spacial score (nSPS) is 10.5. The van der Waals surface area contributed by atoms with Crippen LogP contribution in [0.4, 0.5) is 5.69 Å². The largest absolute Gasteiger partial charge is 0.465 e. The summed E-state index contributed by atoms with van der Waals surface area (Å²) in [6.07, 6.45) is 0.193. The molecular formula is C16H24N2O3. The quantitative estimate of drug-likeness (QED) is 0.615. The second-order valence-corrected chi connectivity index (χ2v) is 5.35. The van der Waals surface area contributed by atoms with Gasteiger partial charge >= 0.3 is 5.97 Å². The zero-order valence-corrected chi connectivity index (χ0v) is 13.0. The number of hydrogen-bond acceptors (Lipinski definition) is 4. The van der Waals surface area contributed by atoms with Crippen molar-refractivity contribution in [3.8, 4) is 0 Å². The van der Waals surface area contributed by atoms with Gasteiger partial charge in [0, 0.05) is 12.2 Å². The van der Waals surface area contributed by atoms with Crippen LogP contribution in [0.25, 0.3) is 0 Å². The van der Waals surface area contributed by atoms with Gasteiger partial charge in [-0.2, -0.15) is 0 Å². The molecule has 0 atom stereocenters. The summed E-state index contributed by atoms with van der Waals surface area (Å²) < 4.78 is 4.92. The van der Waals surface area contributed by atoms with Crippen molar-refractivity contribution in [3.63, 3.8) is 0 Å².